The Balaban J connectivity index is 0.000000190. The number of piperidine rings is 2. The monoisotopic (exact) mass is 884 g/mol. The SMILES string of the molecule is C[C@H]1[C@H](Nc2ccc(C(F)(F)F)cn2)CCCN1C(=O)c1c(F)cccc1-c1ncccn1.C[C@H]1[C@H](Nc2ccc(Cl)cn2)CCCN1C(=O)c1c(F)cccc1-c1ncccn1. The Kier molecular flexibility index (Phi) is 13.8. The molecular formula is C45H42ClF5N10O2. The zero-order chi connectivity index (χ0) is 44.7. The molecule has 4 aromatic heterocycles. The van der Waals surface area contributed by atoms with Crippen molar-refractivity contribution in [1.29, 1.82) is 0 Å². The molecule has 12 nitrogen and oxygen atoms in total. The molecular weight excluding hydrogens is 843 g/mol. The summed E-state index contributed by atoms with van der Waals surface area (Å²) in [5, 5.41) is 7.05. The predicted molar refractivity (Wildman–Crippen MR) is 228 cm³/mol. The summed E-state index contributed by atoms with van der Waals surface area (Å²) in [5.41, 5.74) is -0.254. The van der Waals surface area contributed by atoms with Gasteiger partial charge in [0.15, 0.2) is 11.6 Å². The molecule has 2 fully saturated rings. The lowest BCUT2D eigenvalue weighted by Gasteiger charge is -2.40. The lowest BCUT2D eigenvalue weighted by molar-refractivity contribution is -0.137. The van der Waals surface area contributed by atoms with Crippen LogP contribution in [0, 0.1) is 11.6 Å². The van der Waals surface area contributed by atoms with Gasteiger partial charge in [0.1, 0.15) is 23.3 Å². The molecule has 326 valence electrons. The number of benzene rings is 2. The summed E-state index contributed by atoms with van der Waals surface area (Å²) < 4.78 is 68.0. The Hall–Kier alpha value is -6.62. The van der Waals surface area contributed by atoms with E-state index in [4.69, 9.17) is 11.6 Å². The molecule has 4 atom stereocenters. The van der Waals surface area contributed by atoms with E-state index in [2.05, 4.69) is 40.5 Å². The number of hydrogen-bond donors (Lipinski definition) is 2. The van der Waals surface area contributed by atoms with Crippen molar-refractivity contribution in [3.63, 3.8) is 0 Å². The van der Waals surface area contributed by atoms with Gasteiger partial charge in [-0.25, -0.2) is 38.7 Å². The van der Waals surface area contributed by atoms with Gasteiger partial charge in [-0.05, 0) is 88.1 Å². The van der Waals surface area contributed by atoms with Gasteiger partial charge in [-0.1, -0.05) is 35.9 Å². The molecule has 6 heterocycles. The summed E-state index contributed by atoms with van der Waals surface area (Å²) in [4.78, 5) is 55.0. The van der Waals surface area contributed by atoms with Crippen molar-refractivity contribution in [2.45, 2.75) is 69.9 Å². The smallest absolute Gasteiger partial charge is 0.365 e. The summed E-state index contributed by atoms with van der Waals surface area (Å²) in [6.07, 6.45) is 7.05. The number of likely N-dealkylation sites (tertiary alicyclic amines) is 2. The Labute approximate surface area is 365 Å². The van der Waals surface area contributed by atoms with E-state index in [0.29, 0.717) is 53.7 Å². The lowest BCUT2D eigenvalue weighted by atomic mass is 9.95. The fourth-order valence-electron chi connectivity index (χ4n) is 7.75. The molecule has 2 aliphatic rings. The first kappa shape index (κ1) is 44.4. The van der Waals surface area contributed by atoms with Gasteiger partial charge >= 0.3 is 6.18 Å². The number of aromatic nitrogens is 6. The van der Waals surface area contributed by atoms with Crippen LogP contribution in [0.25, 0.3) is 22.8 Å². The fourth-order valence-corrected chi connectivity index (χ4v) is 7.86. The highest BCUT2D eigenvalue weighted by atomic mass is 35.5. The predicted octanol–water partition coefficient (Wildman–Crippen LogP) is 9.24. The van der Waals surface area contributed by atoms with Gasteiger partial charge in [0.2, 0.25) is 0 Å². The molecule has 0 saturated carbocycles. The van der Waals surface area contributed by atoms with E-state index < -0.39 is 29.3 Å². The first-order chi connectivity index (χ1) is 30.3. The summed E-state index contributed by atoms with van der Waals surface area (Å²) in [6.45, 7) is 4.75. The van der Waals surface area contributed by atoms with Crippen LogP contribution in [0.2, 0.25) is 5.02 Å². The third kappa shape index (κ3) is 10.4. The maximum absolute atomic E-state index is 14.8. The first-order valence-corrected chi connectivity index (χ1v) is 20.6. The topological polar surface area (TPSA) is 142 Å². The number of hydrogen-bond acceptors (Lipinski definition) is 10. The van der Waals surface area contributed by atoms with Crippen LogP contribution in [0.15, 0.2) is 110 Å². The normalized spacial score (nSPS) is 18.8. The largest absolute Gasteiger partial charge is 0.417 e. The van der Waals surface area contributed by atoms with Gasteiger partial charge in [0, 0.05) is 85.6 Å². The van der Waals surface area contributed by atoms with Gasteiger partial charge in [0.25, 0.3) is 11.8 Å². The van der Waals surface area contributed by atoms with E-state index in [0.717, 1.165) is 25.1 Å². The zero-order valence-corrected chi connectivity index (χ0v) is 34.9. The van der Waals surface area contributed by atoms with Crippen LogP contribution in [0.4, 0.5) is 33.6 Å². The molecule has 63 heavy (non-hydrogen) atoms. The van der Waals surface area contributed by atoms with Crippen molar-refractivity contribution in [2.24, 2.45) is 0 Å². The molecule has 2 N–H and O–H groups in total. The Morgan fingerprint density at radius 3 is 1.46 bits per heavy atom. The van der Waals surface area contributed by atoms with E-state index in [1.807, 2.05) is 13.8 Å². The number of alkyl halides is 3. The number of amides is 2. The Morgan fingerprint density at radius 2 is 1.06 bits per heavy atom. The summed E-state index contributed by atoms with van der Waals surface area (Å²) in [5.74, 6) is -0.566. The second kappa shape index (κ2) is 19.6. The van der Waals surface area contributed by atoms with Crippen molar-refractivity contribution in [1.82, 2.24) is 39.7 Å². The maximum Gasteiger partial charge on any atom is 0.417 e. The van der Waals surface area contributed by atoms with Gasteiger partial charge in [-0.3, -0.25) is 9.59 Å². The highest BCUT2D eigenvalue weighted by Crippen LogP contribution is 2.32. The van der Waals surface area contributed by atoms with Crippen molar-refractivity contribution in [3.8, 4) is 22.8 Å². The summed E-state index contributed by atoms with van der Waals surface area (Å²) in [7, 11) is 0. The number of pyridine rings is 2. The minimum atomic E-state index is -4.47. The van der Waals surface area contributed by atoms with Crippen molar-refractivity contribution in [2.75, 3.05) is 23.7 Å². The van der Waals surface area contributed by atoms with E-state index in [1.54, 1.807) is 70.9 Å². The van der Waals surface area contributed by atoms with E-state index in [1.165, 1.54) is 36.7 Å². The minimum absolute atomic E-state index is 0.000757. The van der Waals surface area contributed by atoms with Gasteiger partial charge in [-0.2, -0.15) is 13.2 Å². The first-order valence-electron chi connectivity index (χ1n) is 20.2. The zero-order valence-electron chi connectivity index (χ0n) is 34.1. The maximum atomic E-state index is 14.8. The van der Waals surface area contributed by atoms with E-state index >= 15 is 0 Å². The molecule has 2 aliphatic heterocycles. The number of rotatable bonds is 8. The minimum Gasteiger partial charge on any atom is -0.365 e. The molecule has 6 aromatic rings. The average Bonchev–Trinajstić information content (AvgIpc) is 3.28. The number of carbonyl (C=O) groups is 2. The van der Waals surface area contributed by atoms with Gasteiger partial charge in [0.05, 0.1) is 21.7 Å². The van der Waals surface area contributed by atoms with Crippen molar-refractivity contribution < 1.29 is 31.5 Å². The van der Waals surface area contributed by atoms with Crippen molar-refractivity contribution in [3.05, 3.63) is 143 Å². The van der Waals surface area contributed by atoms with E-state index in [-0.39, 0.29) is 52.8 Å². The number of nitrogens with zero attached hydrogens (tertiary/aromatic N) is 8. The second-order valence-corrected chi connectivity index (χ2v) is 15.5. The van der Waals surface area contributed by atoms with Gasteiger partial charge in [-0.15, -0.1) is 0 Å². The standard InChI is InChI=1S/C23H21F4N5O.C22H21ClFN5O/c1-14-18(31-19-9-8-15(13-30-19)23(25,26)27)7-3-12-32(14)22(33)20-16(5-2-6-17(20)24)21-28-10-4-11-29-21;1-14-18(28-19-9-8-15(23)13-27-19)7-3-12-29(14)22(30)20-16(5-2-6-17(20)24)21-25-10-4-11-26-21/h2,4-6,8-11,13-14,18H,3,7,12H2,1H3,(H,30,31);2,4-6,8-11,13-14,18H,3,7,12H2,1H3,(H,27,28)/t2*14-,18+/m00/s1. The summed E-state index contributed by atoms with van der Waals surface area (Å²) >= 11 is 5.91. The molecule has 0 aliphatic carbocycles. The van der Waals surface area contributed by atoms with Crippen LogP contribution >= 0.6 is 11.6 Å². The van der Waals surface area contributed by atoms with Crippen LogP contribution in [-0.2, 0) is 6.18 Å². The molecule has 8 rings (SSSR count). The van der Waals surface area contributed by atoms with Crippen LogP contribution in [0.3, 0.4) is 0 Å². The number of anilines is 2. The molecule has 0 bridgehead atoms. The highest BCUT2D eigenvalue weighted by molar-refractivity contribution is 6.30. The Morgan fingerprint density at radius 1 is 0.619 bits per heavy atom. The summed E-state index contributed by atoms with van der Waals surface area (Å²) in [6, 6.07) is 17.1. The molecule has 2 amide bonds. The van der Waals surface area contributed by atoms with E-state index in [9.17, 15) is 31.5 Å². The molecule has 0 radical (unpaired) electrons. The highest BCUT2D eigenvalue weighted by Gasteiger charge is 2.36. The number of carbonyl (C=O) groups excluding carboxylic acids is 2. The van der Waals surface area contributed by atoms with Crippen LogP contribution < -0.4 is 10.6 Å². The van der Waals surface area contributed by atoms with Crippen LogP contribution in [-0.4, -0.2) is 88.8 Å². The van der Waals surface area contributed by atoms with Crippen LogP contribution in [0.5, 0.6) is 0 Å². The Bertz CT molecular complexity index is 2500. The molecule has 2 aromatic carbocycles. The number of nitrogens with one attached hydrogen (secondary N) is 2. The van der Waals surface area contributed by atoms with Gasteiger partial charge < -0.3 is 20.4 Å². The third-order valence-electron chi connectivity index (χ3n) is 11.1. The molecule has 0 spiro atoms. The molecule has 18 heteroatoms. The molecule has 0 unspecified atom stereocenters. The third-order valence-corrected chi connectivity index (χ3v) is 11.3. The average molecular weight is 885 g/mol. The van der Waals surface area contributed by atoms with Crippen LogP contribution in [0.1, 0.15) is 65.8 Å². The lowest BCUT2D eigenvalue weighted by Crippen LogP contribution is -2.52. The number of halogens is 6. The molecule has 2 saturated heterocycles. The fraction of sp³-hybridized carbons (Fsp3) is 0.289. The second-order valence-electron chi connectivity index (χ2n) is 15.0. The quantitative estimate of drug-likeness (QED) is 0.142. The van der Waals surface area contributed by atoms with Crippen molar-refractivity contribution >= 4 is 35.1 Å².